The number of para-hydroxylation sites is 1. The average molecular weight is 536 g/mol. The summed E-state index contributed by atoms with van der Waals surface area (Å²) in [4.78, 5) is 8.95. The van der Waals surface area contributed by atoms with Gasteiger partial charge in [-0.15, -0.1) is 24.8 Å². The summed E-state index contributed by atoms with van der Waals surface area (Å²) in [6, 6.07) is 13.1. The Morgan fingerprint density at radius 3 is 2.24 bits per heavy atom. The highest BCUT2D eigenvalue weighted by Crippen LogP contribution is 2.49. The molecule has 2 bridgehead atoms. The maximum Gasteiger partial charge on any atom is 0.416 e. The van der Waals surface area contributed by atoms with Crippen LogP contribution in [0.3, 0.4) is 0 Å². The molecule has 0 aromatic heterocycles. The number of anilines is 2. The molecule has 2 aromatic rings. The van der Waals surface area contributed by atoms with Gasteiger partial charge in [-0.1, -0.05) is 23.9 Å². The van der Waals surface area contributed by atoms with Crippen molar-refractivity contribution in [2.24, 2.45) is 0 Å². The summed E-state index contributed by atoms with van der Waals surface area (Å²) >= 11 is 1.54. The fourth-order valence-corrected chi connectivity index (χ4v) is 6.52. The second-order valence-corrected chi connectivity index (χ2v) is 9.95. The lowest BCUT2D eigenvalue weighted by Gasteiger charge is -2.41. The van der Waals surface area contributed by atoms with Crippen molar-refractivity contribution in [3.8, 4) is 0 Å². The summed E-state index contributed by atoms with van der Waals surface area (Å²) < 4.78 is 40.2. The molecule has 0 amide bonds. The van der Waals surface area contributed by atoms with E-state index in [0.29, 0.717) is 24.3 Å². The number of alkyl halides is 3. The van der Waals surface area contributed by atoms with Gasteiger partial charge in [0.05, 0.1) is 23.5 Å². The lowest BCUT2D eigenvalue weighted by atomic mass is 10.1. The van der Waals surface area contributed by atoms with Crippen LogP contribution >= 0.6 is 36.6 Å². The number of fused-ring (bicyclic) bond motifs is 4. The van der Waals surface area contributed by atoms with Crippen LogP contribution in [0.15, 0.2) is 52.3 Å². The Kier molecular flexibility index (Phi) is 9.09. The highest BCUT2D eigenvalue weighted by molar-refractivity contribution is 7.99. The molecule has 3 aliphatic rings. The van der Waals surface area contributed by atoms with E-state index in [1.807, 2.05) is 24.3 Å². The normalized spacial score (nSPS) is 21.9. The topological polar surface area (TPSA) is 30.0 Å². The van der Waals surface area contributed by atoms with Crippen molar-refractivity contribution in [1.82, 2.24) is 9.80 Å². The summed E-state index contributed by atoms with van der Waals surface area (Å²) in [5.41, 5.74) is 1.03. The van der Waals surface area contributed by atoms with E-state index in [2.05, 4.69) is 14.7 Å². The zero-order valence-electron chi connectivity index (χ0n) is 18.7. The largest absolute Gasteiger partial charge is 0.416 e. The maximum absolute atomic E-state index is 13.4. The van der Waals surface area contributed by atoms with Crippen molar-refractivity contribution in [1.29, 1.82) is 0 Å². The Morgan fingerprint density at radius 2 is 1.56 bits per heavy atom. The van der Waals surface area contributed by atoms with Crippen molar-refractivity contribution >= 4 is 48.0 Å². The Balaban J connectivity index is 0.00000162. The van der Waals surface area contributed by atoms with Crippen LogP contribution in [-0.4, -0.2) is 66.3 Å². The van der Waals surface area contributed by atoms with Gasteiger partial charge in [0.25, 0.3) is 0 Å². The number of piperazine rings is 1. The standard InChI is InChI=1S/C24H28F3N3OS.2ClH/c25-24(26,27)17-6-9-23-21(14-17)30(20-4-1-2-5-22(20)32-23)11-3-10-28-15-18-7-8-19(16-28)29(18)12-13-31;;/h1-2,4-6,9,14,18-19,31H,3,7-8,10-13,15-16H2;2*1H. The molecule has 3 heterocycles. The molecule has 2 saturated heterocycles. The molecule has 0 aliphatic carbocycles. The summed E-state index contributed by atoms with van der Waals surface area (Å²) in [5, 5.41) is 9.33. The van der Waals surface area contributed by atoms with Crippen LogP contribution in [0.5, 0.6) is 0 Å². The quantitative estimate of drug-likeness (QED) is 0.513. The minimum atomic E-state index is -4.35. The second-order valence-electron chi connectivity index (χ2n) is 8.86. The number of aliphatic hydroxyl groups is 1. The van der Waals surface area contributed by atoms with E-state index in [-0.39, 0.29) is 31.4 Å². The number of nitrogens with zero attached hydrogens (tertiary/aromatic N) is 3. The zero-order valence-corrected chi connectivity index (χ0v) is 21.2. The van der Waals surface area contributed by atoms with Gasteiger partial charge in [0.15, 0.2) is 0 Å². The highest BCUT2D eigenvalue weighted by atomic mass is 35.5. The molecular weight excluding hydrogens is 506 g/mol. The van der Waals surface area contributed by atoms with E-state index >= 15 is 0 Å². The van der Waals surface area contributed by atoms with Crippen LogP contribution in [0.25, 0.3) is 0 Å². The molecule has 0 saturated carbocycles. The molecule has 10 heteroatoms. The first-order valence-corrected chi connectivity index (χ1v) is 12.1. The SMILES string of the molecule is Cl.Cl.OCCN1C2CCC1CN(CCCN1c3ccccc3Sc3ccc(C(F)(F)F)cc31)C2. The summed E-state index contributed by atoms with van der Waals surface area (Å²) in [7, 11) is 0. The van der Waals surface area contributed by atoms with Gasteiger partial charge in [0, 0.05) is 48.1 Å². The highest BCUT2D eigenvalue weighted by Gasteiger charge is 2.39. The van der Waals surface area contributed by atoms with Crippen molar-refractivity contribution < 1.29 is 18.3 Å². The monoisotopic (exact) mass is 535 g/mol. The van der Waals surface area contributed by atoms with Crippen molar-refractivity contribution in [3.63, 3.8) is 0 Å². The van der Waals surface area contributed by atoms with Gasteiger partial charge < -0.3 is 14.9 Å². The van der Waals surface area contributed by atoms with Gasteiger partial charge in [-0.05, 0) is 56.1 Å². The molecule has 4 nitrogen and oxygen atoms in total. The van der Waals surface area contributed by atoms with E-state index in [0.717, 1.165) is 48.1 Å². The van der Waals surface area contributed by atoms with E-state index in [1.165, 1.54) is 36.7 Å². The molecule has 0 spiro atoms. The van der Waals surface area contributed by atoms with E-state index in [1.54, 1.807) is 6.07 Å². The van der Waals surface area contributed by atoms with Gasteiger partial charge in [0.1, 0.15) is 0 Å². The lowest BCUT2D eigenvalue weighted by Crippen LogP contribution is -2.54. The lowest BCUT2D eigenvalue weighted by molar-refractivity contribution is -0.137. The fourth-order valence-electron chi connectivity index (χ4n) is 5.44. The van der Waals surface area contributed by atoms with Gasteiger partial charge in [-0.2, -0.15) is 13.2 Å². The van der Waals surface area contributed by atoms with Crippen LogP contribution in [0.1, 0.15) is 24.8 Å². The van der Waals surface area contributed by atoms with Crippen LogP contribution in [-0.2, 0) is 6.18 Å². The molecule has 5 rings (SSSR count). The third kappa shape index (κ3) is 5.47. The molecule has 2 fully saturated rings. The predicted octanol–water partition coefficient (Wildman–Crippen LogP) is 5.68. The second kappa shape index (κ2) is 11.3. The first-order chi connectivity index (χ1) is 15.4. The minimum absolute atomic E-state index is 0. The summed E-state index contributed by atoms with van der Waals surface area (Å²) in [6.07, 6.45) is -1.10. The molecule has 34 heavy (non-hydrogen) atoms. The number of hydrogen-bond donors (Lipinski definition) is 1. The van der Waals surface area contributed by atoms with E-state index in [4.69, 9.17) is 0 Å². The van der Waals surface area contributed by atoms with Crippen molar-refractivity contribution in [2.45, 2.75) is 47.3 Å². The Bertz CT molecular complexity index is 967. The van der Waals surface area contributed by atoms with Crippen LogP contribution in [0.2, 0.25) is 0 Å². The number of likely N-dealkylation sites (tertiary alicyclic amines) is 1. The van der Waals surface area contributed by atoms with Crippen LogP contribution in [0, 0.1) is 0 Å². The zero-order chi connectivity index (χ0) is 22.3. The first-order valence-electron chi connectivity index (χ1n) is 11.3. The number of rotatable bonds is 6. The van der Waals surface area contributed by atoms with E-state index in [9.17, 15) is 18.3 Å². The number of hydrogen-bond acceptors (Lipinski definition) is 5. The van der Waals surface area contributed by atoms with Crippen LogP contribution < -0.4 is 4.90 Å². The number of aliphatic hydroxyl groups excluding tert-OH is 1. The number of halogens is 5. The minimum Gasteiger partial charge on any atom is -0.395 e. The first kappa shape index (κ1) is 27.4. The molecule has 2 atom stereocenters. The molecule has 2 aromatic carbocycles. The van der Waals surface area contributed by atoms with Gasteiger partial charge in [-0.25, -0.2) is 0 Å². The Morgan fingerprint density at radius 1 is 0.882 bits per heavy atom. The molecule has 3 aliphatic heterocycles. The van der Waals surface area contributed by atoms with Gasteiger partial charge in [-0.3, -0.25) is 4.90 Å². The fraction of sp³-hybridized carbons (Fsp3) is 0.500. The third-order valence-electron chi connectivity index (χ3n) is 6.88. The summed E-state index contributed by atoms with van der Waals surface area (Å²) in [5.74, 6) is 0. The maximum atomic E-state index is 13.4. The molecule has 2 unspecified atom stereocenters. The van der Waals surface area contributed by atoms with Crippen LogP contribution in [0.4, 0.5) is 24.5 Å². The van der Waals surface area contributed by atoms with Gasteiger partial charge >= 0.3 is 6.18 Å². The molecule has 188 valence electrons. The van der Waals surface area contributed by atoms with E-state index < -0.39 is 11.7 Å². The Hall–Kier alpha value is -1.16. The predicted molar refractivity (Wildman–Crippen MR) is 135 cm³/mol. The summed E-state index contributed by atoms with van der Waals surface area (Å²) in [6.45, 7) is 4.59. The number of benzene rings is 2. The molecule has 0 radical (unpaired) electrons. The third-order valence-corrected chi connectivity index (χ3v) is 8.01. The molecular formula is C24H30Cl2F3N3OS. The van der Waals surface area contributed by atoms with Crippen molar-refractivity contribution in [3.05, 3.63) is 48.0 Å². The molecule has 1 N–H and O–H groups in total. The van der Waals surface area contributed by atoms with Crippen molar-refractivity contribution in [2.75, 3.05) is 44.2 Å². The van der Waals surface area contributed by atoms with Gasteiger partial charge in [0.2, 0.25) is 0 Å². The average Bonchev–Trinajstić information content (AvgIpc) is 3.00. The Labute approximate surface area is 215 Å². The smallest absolute Gasteiger partial charge is 0.395 e.